The van der Waals surface area contributed by atoms with Gasteiger partial charge < -0.3 is 5.73 Å². The van der Waals surface area contributed by atoms with Crippen molar-refractivity contribution in [1.29, 1.82) is 0 Å². The minimum atomic E-state index is -3.31. The fraction of sp³-hybridized carbons (Fsp3) is 0.417. The van der Waals surface area contributed by atoms with Crippen LogP contribution in [0.1, 0.15) is 24.0 Å². The van der Waals surface area contributed by atoms with Crippen LogP contribution in [0.5, 0.6) is 0 Å². The molecule has 2 rings (SSSR count). The Morgan fingerprint density at radius 2 is 2.06 bits per heavy atom. The highest BCUT2D eigenvalue weighted by Crippen LogP contribution is 2.27. The second kappa shape index (κ2) is 5.34. The number of rotatable bonds is 6. The molecule has 18 heavy (non-hydrogen) atoms. The van der Waals surface area contributed by atoms with Gasteiger partial charge in [-0.25, -0.2) is 13.1 Å². The van der Waals surface area contributed by atoms with Crippen LogP contribution in [0.25, 0.3) is 0 Å². The van der Waals surface area contributed by atoms with Gasteiger partial charge in [-0.2, -0.15) is 0 Å². The Morgan fingerprint density at radius 3 is 2.67 bits per heavy atom. The molecular formula is C12H16N2O2S2. The Labute approximate surface area is 113 Å². The molecular weight excluding hydrogens is 268 g/mol. The lowest BCUT2D eigenvalue weighted by molar-refractivity contribution is 0.576. The molecule has 1 aromatic carbocycles. The monoisotopic (exact) mass is 284 g/mol. The molecule has 0 aliphatic heterocycles. The molecule has 0 heterocycles. The van der Waals surface area contributed by atoms with Crippen LogP contribution in [0.2, 0.25) is 0 Å². The van der Waals surface area contributed by atoms with Crippen molar-refractivity contribution >= 4 is 27.2 Å². The molecule has 0 spiro atoms. The fourth-order valence-electron chi connectivity index (χ4n) is 1.71. The minimum Gasteiger partial charge on any atom is -0.389 e. The van der Waals surface area contributed by atoms with Gasteiger partial charge in [-0.1, -0.05) is 36.5 Å². The maximum absolute atomic E-state index is 11.9. The van der Waals surface area contributed by atoms with Crippen molar-refractivity contribution in [2.24, 2.45) is 11.7 Å². The van der Waals surface area contributed by atoms with E-state index >= 15 is 0 Å². The Balaban J connectivity index is 2.09. The van der Waals surface area contributed by atoms with E-state index in [1.165, 1.54) is 0 Å². The summed E-state index contributed by atoms with van der Waals surface area (Å²) in [5, 5.41) is 0. The van der Waals surface area contributed by atoms with Crippen LogP contribution in [0.15, 0.2) is 24.3 Å². The van der Waals surface area contributed by atoms with Crippen LogP contribution in [0.4, 0.5) is 0 Å². The highest BCUT2D eigenvalue weighted by Gasteiger charge is 2.24. The SMILES string of the molecule is NC(=S)c1ccccc1CS(=O)(=O)NCC1CC1. The Hall–Kier alpha value is -0.980. The van der Waals surface area contributed by atoms with E-state index in [0.29, 0.717) is 23.6 Å². The molecule has 6 heteroatoms. The quantitative estimate of drug-likeness (QED) is 0.769. The fourth-order valence-corrected chi connectivity index (χ4v) is 3.16. The van der Waals surface area contributed by atoms with Crippen molar-refractivity contribution in [1.82, 2.24) is 4.72 Å². The highest BCUT2D eigenvalue weighted by atomic mass is 32.2. The molecule has 1 aromatic rings. The third-order valence-electron chi connectivity index (χ3n) is 2.92. The average Bonchev–Trinajstić information content (AvgIpc) is 3.10. The van der Waals surface area contributed by atoms with Gasteiger partial charge in [0.25, 0.3) is 0 Å². The zero-order chi connectivity index (χ0) is 13.2. The first-order chi connectivity index (χ1) is 8.48. The van der Waals surface area contributed by atoms with E-state index in [1.807, 2.05) is 0 Å². The predicted octanol–water partition coefficient (Wildman–Crippen LogP) is 1.15. The summed E-state index contributed by atoms with van der Waals surface area (Å²) >= 11 is 4.92. The summed E-state index contributed by atoms with van der Waals surface area (Å²) in [7, 11) is -3.31. The molecule has 0 unspecified atom stereocenters. The zero-order valence-electron chi connectivity index (χ0n) is 9.93. The summed E-state index contributed by atoms with van der Waals surface area (Å²) in [5.41, 5.74) is 6.86. The first-order valence-electron chi connectivity index (χ1n) is 5.83. The van der Waals surface area contributed by atoms with Gasteiger partial charge >= 0.3 is 0 Å². The predicted molar refractivity (Wildman–Crippen MR) is 75.7 cm³/mol. The van der Waals surface area contributed by atoms with Crippen LogP contribution < -0.4 is 10.5 Å². The third kappa shape index (κ3) is 3.76. The normalized spacial score (nSPS) is 15.6. The van der Waals surface area contributed by atoms with Crippen molar-refractivity contribution in [2.45, 2.75) is 18.6 Å². The van der Waals surface area contributed by atoms with Gasteiger partial charge in [0.05, 0.1) is 5.75 Å². The van der Waals surface area contributed by atoms with Crippen LogP contribution in [0.3, 0.4) is 0 Å². The minimum absolute atomic E-state index is 0.0762. The van der Waals surface area contributed by atoms with Crippen LogP contribution in [0, 0.1) is 5.92 Å². The summed E-state index contributed by atoms with van der Waals surface area (Å²) in [4.78, 5) is 0.225. The van der Waals surface area contributed by atoms with Gasteiger partial charge in [-0.15, -0.1) is 0 Å². The van der Waals surface area contributed by atoms with E-state index in [-0.39, 0.29) is 10.7 Å². The van der Waals surface area contributed by atoms with E-state index < -0.39 is 10.0 Å². The number of thiocarbonyl (C=S) groups is 1. The zero-order valence-corrected chi connectivity index (χ0v) is 11.6. The summed E-state index contributed by atoms with van der Waals surface area (Å²) < 4.78 is 26.4. The topological polar surface area (TPSA) is 72.2 Å². The number of hydrogen-bond acceptors (Lipinski definition) is 3. The molecule has 0 atom stereocenters. The number of sulfonamides is 1. The first-order valence-corrected chi connectivity index (χ1v) is 7.89. The second-order valence-electron chi connectivity index (χ2n) is 4.57. The molecule has 3 N–H and O–H groups in total. The second-order valence-corrected chi connectivity index (χ2v) is 6.82. The van der Waals surface area contributed by atoms with E-state index in [4.69, 9.17) is 18.0 Å². The molecule has 1 aliphatic carbocycles. The van der Waals surface area contributed by atoms with Gasteiger partial charge in [0.2, 0.25) is 10.0 Å². The van der Waals surface area contributed by atoms with Crippen molar-refractivity contribution in [3.05, 3.63) is 35.4 Å². The van der Waals surface area contributed by atoms with Crippen LogP contribution >= 0.6 is 12.2 Å². The maximum Gasteiger partial charge on any atom is 0.215 e. The first kappa shape index (κ1) is 13.5. The third-order valence-corrected chi connectivity index (χ3v) is 4.43. The van der Waals surface area contributed by atoms with Gasteiger partial charge in [0.15, 0.2) is 0 Å². The lowest BCUT2D eigenvalue weighted by Crippen LogP contribution is -2.28. The Morgan fingerprint density at radius 1 is 1.39 bits per heavy atom. The molecule has 1 fully saturated rings. The summed E-state index contributed by atoms with van der Waals surface area (Å²) in [6, 6.07) is 7.06. The standard InChI is InChI=1S/C12H16N2O2S2/c13-12(17)11-4-2-1-3-10(11)8-18(15,16)14-7-9-5-6-9/h1-4,9,14H,5-8H2,(H2,13,17). The van der Waals surface area contributed by atoms with Gasteiger partial charge in [0.1, 0.15) is 4.99 Å². The molecule has 0 aromatic heterocycles. The highest BCUT2D eigenvalue weighted by molar-refractivity contribution is 7.88. The van der Waals surface area contributed by atoms with Crippen LogP contribution in [-0.2, 0) is 15.8 Å². The van der Waals surface area contributed by atoms with Crippen molar-refractivity contribution in [3.63, 3.8) is 0 Å². The van der Waals surface area contributed by atoms with E-state index in [0.717, 1.165) is 12.8 Å². The number of nitrogens with one attached hydrogen (secondary N) is 1. The molecule has 0 saturated heterocycles. The van der Waals surface area contributed by atoms with Gasteiger partial charge in [0, 0.05) is 12.1 Å². The molecule has 1 saturated carbocycles. The van der Waals surface area contributed by atoms with Gasteiger partial charge in [-0.3, -0.25) is 0 Å². The van der Waals surface area contributed by atoms with Crippen molar-refractivity contribution in [3.8, 4) is 0 Å². The maximum atomic E-state index is 11.9. The van der Waals surface area contributed by atoms with E-state index in [1.54, 1.807) is 24.3 Å². The summed E-state index contributed by atoms with van der Waals surface area (Å²) in [6.07, 6.45) is 2.23. The Bertz CT molecular complexity index is 551. The molecule has 0 bridgehead atoms. The molecule has 4 nitrogen and oxygen atoms in total. The van der Waals surface area contributed by atoms with Crippen LogP contribution in [-0.4, -0.2) is 20.0 Å². The molecule has 0 amide bonds. The smallest absolute Gasteiger partial charge is 0.215 e. The lowest BCUT2D eigenvalue weighted by Gasteiger charge is -2.09. The number of hydrogen-bond donors (Lipinski definition) is 2. The van der Waals surface area contributed by atoms with Gasteiger partial charge in [-0.05, 0) is 24.3 Å². The summed E-state index contributed by atoms with van der Waals surface area (Å²) in [6.45, 7) is 0.539. The lowest BCUT2D eigenvalue weighted by atomic mass is 10.1. The Kier molecular flexibility index (Phi) is 3.99. The average molecular weight is 284 g/mol. The number of nitrogens with two attached hydrogens (primary N) is 1. The summed E-state index contributed by atoms with van der Waals surface area (Å²) in [5.74, 6) is 0.443. The number of benzene rings is 1. The molecule has 1 aliphatic rings. The largest absolute Gasteiger partial charge is 0.389 e. The van der Waals surface area contributed by atoms with E-state index in [2.05, 4.69) is 4.72 Å². The van der Waals surface area contributed by atoms with Crippen molar-refractivity contribution in [2.75, 3.05) is 6.54 Å². The van der Waals surface area contributed by atoms with E-state index in [9.17, 15) is 8.42 Å². The molecule has 98 valence electrons. The van der Waals surface area contributed by atoms with Crippen molar-refractivity contribution < 1.29 is 8.42 Å². The molecule has 0 radical (unpaired) electrons.